The molecule has 0 aromatic heterocycles. The van der Waals surface area contributed by atoms with Crippen molar-refractivity contribution in [2.24, 2.45) is 5.73 Å². The van der Waals surface area contributed by atoms with Crippen LogP contribution >= 0.6 is 0 Å². The molecule has 0 aliphatic carbocycles. The van der Waals surface area contributed by atoms with Gasteiger partial charge in [0, 0.05) is 12.6 Å². The van der Waals surface area contributed by atoms with Gasteiger partial charge in [0.25, 0.3) is 0 Å². The highest BCUT2D eigenvalue weighted by atomic mass is 16.2. The van der Waals surface area contributed by atoms with E-state index in [0.29, 0.717) is 6.04 Å². The first-order chi connectivity index (χ1) is 7.69. The number of rotatable bonds is 6. The first kappa shape index (κ1) is 13.5. The van der Waals surface area contributed by atoms with E-state index < -0.39 is 0 Å². The second-order valence-corrected chi connectivity index (χ2v) is 4.56. The smallest absolute Gasteiger partial charge is 0.236 e. The zero-order valence-corrected chi connectivity index (χ0v) is 10.5. The molecule has 1 unspecified atom stereocenters. The van der Waals surface area contributed by atoms with Gasteiger partial charge in [-0.25, -0.2) is 0 Å². The number of likely N-dealkylation sites (tertiary alicyclic amines) is 1. The number of amides is 1. The van der Waals surface area contributed by atoms with Crippen molar-refractivity contribution in [2.45, 2.75) is 51.6 Å². The van der Waals surface area contributed by atoms with Crippen LogP contribution in [0.3, 0.4) is 0 Å². The third-order valence-corrected chi connectivity index (χ3v) is 3.35. The molecular weight excluding hydrogens is 202 g/mol. The highest BCUT2D eigenvalue weighted by Gasteiger charge is 2.23. The van der Waals surface area contributed by atoms with Crippen LogP contribution in [0.1, 0.15) is 39.5 Å². The van der Waals surface area contributed by atoms with Crippen molar-refractivity contribution in [3.05, 3.63) is 0 Å². The molecule has 4 heteroatoms. The molecule has 3 N–H and O–H groups in total. The highest BCUT2D eigenvalue weighted by molar-refractivity contribution is 5.81. The minimum absolute atomic E-state index is 0.00445. The molecule has 0 aromatic rings. The van der Waals surface area contributed by atoms with E-state index >= 15 is 0 Å². The highest BCUT2D eigenvalue weighted by Crippen LogP contribution is 2.15. The number of nitrogens with zero attached hydrogens (tertiary/aromatic N) is 1. The van der Waals surface area contributed by atoms with Gasteiger partial charge in [0.15, 0.2) is 0 Å². The molecule has 0 saturated carbocycles. The van der Waals surface area contributed by atoms with E-state index in [1.165, 1.54) is 12.8 Å². The number of nitrogens with two attached hydrogens (primary N) is 1. The predicted molar refractivity (Wildman–Crippen MR) is 66.2 cm³/mol. The Kier molecular flexibility index (Phi) is 5.77. The molecule has 1 aliphatic heterocycles. The Balaban J connectivity index is 2.25. The van der Waals surface area contributed by atoms with Crippen molar-refractivity contribution >= 4 is 5.91 Å². The van der Waals surface area contributed by atoms with Crippen molar-refractivity contribution in [3.63, 3.8) is 0 Å². The third kappa shape index (κ3) is 3.76. The Hall–Kier alpha value is -0.610. The third-order valence-electron chi connectivity index (χ3n) is 3.35. The molecule has 1 saturated heterocycles. The quantitative estimate of drug-likeness (QED) is 0.703. The average molecular weight is 227 g/mol. The first-order valence-electron chi connectivity index (χ1n) is 6.46. The summed E-state index contributed by atoms with van der Waals surface area (Å²) in [6.07, 6.45) is 4.17. The summed E-state index contributed by atoms with van der Waals surface area (Å²) in [6, 6.07) is 0.184. The maximum Gasteiger partial charge on any atom is 0.236 e. The number of likely N-dealkylation sites (N-methyl/N-ethyl adjacent to an activating group) is 1. The van der Waals surface area contributed by atoms with E-state index in [4.69, 9.17) is 5.73 Å². The summed E-state index contributed by atoms with van der Waals surface area (Å²) < 4.78 is 0. The molecule has 16 heavy (non-hydrogen) atoms. The van der Waals surface area contributed by atoms with Crippen LogP contribution in [0.25, 0.3) is 0 Å². The summed E-state index contributed by atoms with van der Waals surface area (Å²) in [5, 5.41) is 2.97. The van der Waals surface area contributed by atoms with Gasteiger partial charge in [0.05, 0.1) is 6.04 Å². The SMILES string of the molecule is CCC[C@H](N)C(=O)NCC1CCCN1CC. The number of nitrogens with one attached hydrogen (secondary N) is 1. The van der Waals surface area contributed by atoms with Crippen molar-refractivity contribution in [2.75, 3.05) is 19.6 Å². The van der Waals surface area contributed by atoms with Crippen molar-refractivity contribution in [3.8, 4) is 0 Å². The zero-order chi connectivity index (χ0) is 12.0. The van der Waals surface area contributed by atoms with E-state index in [0.717, 1.165) is 32.5 Å². The number of carbonyl (C=O) groups is 1. The molecular formula is C12H25N3O. The Morgan fingerprint density at radius 3 is 2.94 bits per heavy atom. The van der Waals surface area contributed by atoms with Gasteiger partial charge in [-0.05, 0) is 32.4 Å². The Labute approximate surface area is 98.6 Å². The number of hydrogen-bond donors (Lipinski definition) is 2. The van der Waals surface area contributed by atoms with Crippen LogP contribution in [0.5, 0.6) is 0 Å². The maximum atomic E-state index is 11.6. The summed E-state index contributed by atoms with van der Waals surface area (Å²) in [6.45, 7) is 7.20. The lowest BCUT2D eigenvalue weighted by molar-refractivity contribution is -0.122. The van der Waals surface area contributed by atoms with Gasteiger partial charge >= 0.3 is 0 Å². The number of hydrogen-bond acceptors (Lipinski definition) is 3. The number of carbonyl (C=O) groups excluding carboxylic acids is 1. The van der Waals surface area contributed by atoms with Crippen LogP contribution < -0.4 is 11.1 Å². The summed E-state index contributed by atoms with van der Waals surface area (Å²) in [5.74, 6) is 0.00445. The minimum atomic E-state index is -0.332. The van der Waals surface area contributed by atoms with Crippen LogP contribution in [0.2, 0.25) is 0 Å². The Bertz CT molecular complexity index is 220. The molecule has 0 aromatic carbocycles. The van der Waals surface area contributed by atoms with Gasteiger partial charge in [-0.3, -0.25) is 9.69 Å². The molecule has 1 rings (SSSR count). The van der Waals surface area contributed by atoms with Gasteiger partial charge < -0.3 is 11.1 Å². The van der Waals surface area contributed by atoms with Gasteiger partial charge in [0.2, 0.25) is 5.91 Å². The summed E-state index contributed by atoms with van der Waals surface area (Å²) in [4.78, 5) is 14.1. The molecule has 1 aliphatic rings. The fourth-order valence-corrected chi connectivity index (χ4v) is 2.33. The second kappa shape index (κ2) is 6.86. The van der Waals surface area contributed by atoms with E-state index in [-0.39, 0.29) is 11.9 Å². The van der Waals surface area contributed by atoms with Crippen LogP contribution in [-0.2, 0) is 4.79 Å². The topological polar surface area (TPSA) is 58.4 Å². The normalized spacial score (nSPS) is 23.3. The predicted octanol–water partition coefficient (Wildman–Crippen LogP) is 0.714. The monoisotopic (exact) mass is 227 g/mol. The Morgan fingerprint density at radius 1 is 1.56 bits per heavy atom. The van der Waals surface area contributed by atoms with Gasteiger partial charge in [-0.1, -0.05) is 20.3 Å². The first-order valence-corrected chi connectivity index (χ1v) is 6.46. The van der Waals surface area contributed by atoms with Gasteiger partial charge in [0.1, 0.15) is 0 Å². The lowest BCUT2D eigenvalue weighted by atomic mass is 10.1. The Morgan fingerprint density at radius 2 is 2.31 bits per heavy atom. The van der Waals surface area contributed by atoms with Crippen LogP contribution in [-0.4, -0.2) is 42.5 Å². The zero-order valence-electron chi connectivity index (χ0n) is 10.5. The molecule has 0 radical (unpaired) electrons. The van der Waals surface area contributed by atoms with Crippen molar-refractivity contribution in [1.82, 2.24) is 10.2 Å². The van der Waals surface area contributed by atoms with E-state index in [1.807, 2.05) is 6.92 Å². The molecule has 0 spiro atoms. The minimum Gasteiger partial charge on any atom is -0.353 e. The van der Waals surface area contributed by atoms with Crippen LogP contribution in [0.4, 0.5) is 0 Å². The second-order valence-electron chi connectivity index (χ2n) is 4.56. The van der Waals surface area contributed by atoms with Crippen LogP contribution in [0.15, 0.2) is 0 Å². The fourth-order valence-electron chi connectivity index (χ4n) is 2.33. The lowest BCUT2D eigenvalue weighted by Gasteiger charge is -2.23. The van der Waals surface area contributed by atoms with Gasteiger partial charge in [-0.15, -0.1) is 0 Å². The fraction of sp³-hybridized carbons (Fsp3) is 0.917. The summed E-state index contributed by atoms with van der Waals surface area (Å²) in [5.41, 5.74) is 5.75. The molecule has 1 fully saturated rings. The van der Waals surface area contributed by atoms with Crippen LogP contribution in [0, 0.1) is 0 Å². The van der Waals surface area contributed by atoms with Gasteiger partial charge in [-0.2, -0.15) is 0 Å². The molecule has 1 heterocycles. The van der Waals surface area contributed by atoms with Crippen molar-refractivity contribution < 1.29 is 4.79 Å². The average Bonchev–Trinajstić information content (AvgIpc) is 2.73. The molecule has 1 amide bonds. The largest absolute Gasteiger partial charge is 0.353 e. The molecule has 4 nitrogen and oxygen atoms in total. The van der Waals surface area contributed by atoms with Crippen molar-refractivity contribution in [1.29, 1.82) is 0 Å². The standard InChI is InChI=1S/C12H25N3O/c1-3-6-11(13)12(16)14-9-10-7-5-8-15(10)4-2/h10-11H,3-9,13H2,1-2H3,(H,14,16)/t10?,11-/m0/s1. The molecule has 0 bridgehead atoms. The summed E-state index contributed by atoms with van der Waals surface area (Å²) in [7, 11) is 0. The van der Waals surface area contributed by atoms with E-state index in [1.54, 1.807) is 0 Å². The summed E-state index contributed by atoms with van der Waals surface area (Å²) >= 11 is 0. The molecule has 2 atom stereocenters. The molecule has 94 valence electrons. The lowest BCUT2D eigenvalue weighted by Crippen LogP contribution is -2.46. The van der Waals surface area contributed by atoms with E-state index in [9.17, 15) is 4.79 Å². The van der Waals surface area contributed by atoms with E-state index in [2.05, 4.69) is 17.1 Å². The maximum absolute atomic E-state index is 11.6.